The normalized spacial score (nSPS) is 14.0. The third-order valence-corrected chi connectivity index (χ3v) is 5.54. The lowest BCUT2D eigenvalue weighted by Gasteiger charge is -2.30. The highest BCUT2D eigenvalue weighted by atomic mass is 16.5. The molecular weight excluding hydrogens is 392 g/mol. The zero-order valence-electron chi connectivity index (χ0n) is 17.2. The molecule has 1 saturated heterocycles. The minimum absolute atomic E-state index is 0.133. The number of pyridine rings is 2. The van der Waals surface area contributed by atoms with Crippen LogP contribution in [0.4, 0.5) is 5.69 Å². The number of carbonyl (C=O) groups excluding carboxylic acids is 1. The summed E-state index contributed by atoms with van der Waals surface area (Å²) in [6.45, 7) is 3.11. The number of rotatable bonds is 5. The Balaban J connectivity index is 1.52. The number of fused-ring (bicyclic) bond motifs is 1. The summed E-state index contributed by atoms with van der Waals surface area (Å²) in [6.07, 6.45) is 5.12. The Morgan fingerprint density at radius 1 is 1.10 bits per heavy atom. The van der Waals surface area contributed by atoms with Gasteiger partial charge in [-0.05, 0) is 35.9 Å². The zero-order valence-corrected chi connectivity index (χ0v) is 17.2. The van der Waals surface area contributed by atoms with Gasteiger partial charge in [-0.25, -0.2) is 4.98 Å². The van der Waals surface area contributed by atoms with Gasteiger partial charge in [0.25, 0.3) is 0 Å². The van der Waals surface area contributed by atoms with Crippen molar-refractivity contribution in [3.8, 4) is 16.9 Å². The molecule has 0 spiro atoms. The third kappa shape index (κ3) is 3.64. The molecule has 1 aliphatic rings. The second-order valence-corrected chi connectivity index (χ2v) is 7.35. The first-order valence-electron chi connectivity index (χ1n) is 10.2. The predicted molar refractivity (Wildman–Crippen MR) is 119 cm³/mol. The minimum atomic E-state index is -0.133. The SMILES string of the molecule is COc1cc(-c2cnc3[nH]cc(C(=O)c4ccccn4)c3c2)ccc1N1CCOCC1. The van der Waals surface area contributed by atoms with Crippen molar-refractivity contribution >= 4 is 22.5 Å². The Morgan fingerprint density at radius 3 is 2.74 bits per heavy atom. The summed E-state index contributed by atoms with van der Waals surface area (Å²) < 4.78 is 11.1. The fourth-order valence-corrected chi connectivity index (χ4v) is 3.91. The molecule has 7 nitrogen and oxygen atoms in total. The van der Waals surface area contributed by atoms with E-state index in [1.807, 2.05) is 12.1 Å². The molecule has 1 aliphatic heterocycles. The van der Waals surface area contributed by atoms with Crippen LogP contribution >= 0.6 is 0 Å². The standard InChI is InChI=1S/C24H22N4O3/c1-30-22-13-16(5-6-21(22)28-8-10-31-11-9-28)17-12-18-19(15-27-24(18)26-14-17)23(29)20-4-2-3-7-25-20/h2-7,12-15H,8-11H2,1H3,(H,26,27). The van der Waals surface area contributed by atoms with Gasteiger partial charge in [-0.3, -0.25) is 9.78 Å². The molecule has 1 fully saturated rings. The summed E-state index contributed by atoms with van der Waals surface area (Å²) in [4.78, 5) is 27.0. The Hall–Kier alpha value is -3.71. The van der Waals surface area contributed by atoms with Crippen molar-refractivity contribution in [1.29, 1.82) is 0 Å². The number of ketones is 1. The van der Waals surface area contributed by atoms with E-state index in [-0.39, 0.29) is 5.78 Å². The van der Waals surface area contributed by atoms with Crippen molar-refractivity contribution in [3.63, 3.8) is 0 Å². The van der Waals surface area contributed by atoms with Crippen molar-refractivity contribution in [2.24, 2.45) is 0 Å². The van der Waals surface area contributed by atoms with Gasteiger partial charge in [-0.2, -0.15) is 0 Å². The number of nitrogens with one attached hydrogen (secondary N) is 1. The van der Waals surface area contributed by atoms with E-state index in [1.165, 1.54) is 0 Å². The van der Waals surface area contributed by atoms with Crippen LogP contribution in [0.3, 0.4) is 0 Å². The maximum absolute atomic E-state index is 12.9. The van der Waals surface area contributed by atoms with Crippen LogP contribution in [0.2, 0.25) is 0 Å². The van der Waals surface area contributed by atoms with Gasteiger partial charge in [-0.1, -0.05) is 12.1 Å². The van der Waals surface area contributed by atoms with E-state index in [0.717, 1.165) is 41.0 Å². The summed E-state index contributed by atoms with van der Waals surface area (Å²) in [7, 11) is 1.68. The number of hydrogen-bond donors (Lipinski definition) is 1. The number of ether oxygens (including phenoxy) is 2. The van der Waals surface area contributed by atoms with Gasteiger partial charge in [0.05, 0.1) is 31.6 Å². The van der Waals surface area contributed by atoms with Crippen molar-refractivity contribution < 1.29 is 14.3 Å². The fourth-order valence-electron chi connectivity index (χ4n) is 3.91. The topological polar surface area (TPSA) is 80.3 Å². The molecule has 4 heterocycles. The van der Waals surface area contributed by atoms with Crippen LogP contribution in [0.25, 0.3) is 22.2 Å². The first kappa shape index (κ1) is 19.3. The van der Waals surface area contributed by atoms with Gasteiger partial charge >= 0.3 is 0 Å². The molecule has 0 atom stereocenters. The van der Waals surface area contributed by atoms with Crippen molar-refractivity contribution in [3.05, 3.63) is 72.3 Å². The number of benzene rings is 1. The van der Waals surface area contributed by atoms with E-state index in [0.29, 0.717) is 30.1 Å². The van der Waals surface area contributed by atoms with Gasteiger partial charge in [-0.15, -0.1) is 0 Å². The lowest BCUT2D eigenvalue weighted by molar-refractivity contribution is 0.103. The second kappa shape index (κ2) is 8.20. The molecule has 0 saturated carbocycles. The zero-order chi connectivity index (χ0) is 21.2. The van der Waals surface area contributed by atoms with Crippen molar-refractivity contribution in [2.45, 2.75) is 0 Å². The van der Waals surface area contributed by atoms with Crippen LogP contribution in [0.5, 0.6) is 5.75 Å². The first-order chi connectivity index (χ1) is 15.2. The monoisotopic (exact) mass is 414 g/mol. The Morgan fingerprint density at radius 2 is 1.97 bits per heavy atom. The maximum atomic E-state index is 12.9. The smallest absolute Gasteiger partial charge is 0.213 e. The van der Waals surface area contributed by atoms with E-state index in [9.17, 15) is 4.79 Å². The molecule has 4 aromatic rings. The van der Waals surface area contributed by atoms with Crippen LogP contribution in [0.1, 0.15) is 16.1 Å². The van der Waals surface area contributed by atoms with E-state index < -0.39 is 0 Å². The first-order valence-corrected chi connectivity index (χ1v) is 10.2. The number of carbonyl (C=O) groups is 1. The lowest BCUT2D eigenvalue weighted by atomic mass is 10.0. The summed E-state index contributed by atoms with van der Waals surface area (Å²) in [6, 6.07) is 13.4. The third-order valence-electron chi connectivity index (χ3n) is 5.54. The number of aromatic amines is 1. The molecule has 0 bridgehead atoms. The second-order valence-electron chi connectivity index (χ2n) is 7.35. The highest BCUT2D eigenvalue weighted by molar-refractivity contribution is 6.15. The minimum Gasteiger partial charge on any atom is -0.495 e. The molecule has 1 aromatic carbocycles. The number of aromatic nitrogens is 3. The van der Waals surface area contributed by atoms with Gasteiger partial charge in [0, 0.05) is 42.6 Å². The average molecular weight is 414 g/mol. The number of methoxy groups -OCH3 is 1. The van der Waals surface area contributed by atoms with E-state index >= 15 is 0 Å². The van der Waals surface area contributed by atoms with Gasteiger partial charge in [0.1, 0.15) is 17.1 Å². The molecule has 7 heteroatoms. The molecule has 0 unspecified atom stereocenters. The molecule has 0 amide bonds. The Kier molecular flexibility index (Phi) is 5.09. The Labute approximate surface area is 179 Å². The van der Waals surface area contributed by atoms with Crippen LogP contribution in [-0.4, -0.2) is 54.1 Å². The molecule has 3 aromatic heterocycles. The molecule has 31 heavy (non-hydrogen) atoms. The predicted octanol–water partition coefficient (Wildman–Crippen LogP) is 3.70. The summed E-state index contributed by atoms with van der Waals surface area (Å²) in [5.74, 6) is 0.671. The van der Waals surface area contributed by atoms with E-state index in [4.69, 9.17) is 9.47 Å². The molecule has 0 aliphatic carbocycles. The number of nitrogens with zero attached hydrogens (tertiary/aromatic N) is 3. The number of anilines is 1. The Bertz CT molecular complexity index is 1230. The largest absolute Gasteiger partial charge is 0.495 e. The van der Waals surface area contributed by atoms with Gasteiger partial charge in [0.15, 0.2) is 0 Å². The van der Waals surface area contributed by atoms with Crippen molar-refractivity contribution in [2.75, 3.05) is 38.3 Å². The summed E-state index contributed by atoms with van der Waals surface area (Å²) in [5, 5.41) is 0.768. The van der Waals surface area contributed by atoms with Crippen LogP contribution in [0.15, 0.2) is 61.1 Å². The number of morpholine rings is 1. The van der Waals surface area contributed by atoms with E-state index in [1.54, 1.807) is 43.9 Å². The lowest BCUT2D eigenvalue weighted by Crippen LogP contribution is -2.36. The quantitative estimate of drug-likeness (QED) is 0.502. The average Bonchev–Trinajstić information content (AvgIpc) is 3.27. The van der Waals surface area contributed by atoms with Gasteiger partial charge in [0.2, 0.25) is 5.78 Å². The number of hydrogen-bond acceptors (Lipinski definition) is 6. The molecule has 5 rings (SSSR count). The van der Waals surface area contributed by atoms with Crippen molar-refractivity contribution in [1.82, 2.24) is 15.0 Å². The molecule has 156 valence electrons. The highest BCUT2D eigenvalue weighted by Gasteiger charge is 2.18. The maximum Gasteiger partial charge on any atom is 0.213 e. The van der Waals surface area contributed by atoms with Crippen LogP contribution in [0, 0.1) is 0 Å². The summed E-state index contributed by atoms with van der Waals surface area (Å²) >= 11 is 0. The summed E-state index contributed by atoms with van der Waals surface area (Å²) in [5.41, 5.74) is 4.57. The highest BCUT2D eigenvalue weighted by Crippen LogP contribution is 2.34. The fraction of sp³-hybridized carbons (Fsp3) is 0.208. The van der Waals surface area contributed by atoms with Crippen LogP contribution in [-0.2, 0) is 4.74 Å². The molecule has 1 N–H and O–H groups in total. The molecular formula is C24H22N4O3. The van der Waals surface area contributed by atoms with Gasteiger partial charge < -0.3 is 19.4 Å². The van der Waals surface area contributed by atoms with Crippen LogP contribution < -0.4 is 9.64 Å². The van der Waals surface area contributed by atoms with E-state index in [2.05, 4.69) is 32.0 Å². The molecule has 0 radical (unpaired) electrons. The number of H-pyrrole nitrogens is 1.